The Hall–Kier alpha value is -1.47. The predicted octanol–water partition coefficient (Wildman–Crippen LogP) is -0.142. The Bertz CT molecular complexity index is 381. The molecule has 1 aromatic heterocycles. The highest BCUT2D eigenvalue weighted by Crippen LogP contribution is 2.17. The van der Waals surface area contributed by atoms with Crippen molar-refractivity contribution in [2.75, 3.05) is 37.6 Å². The van der Waals surface area contributed by atoms with E-state index in [2.05, 4.69) is 32.1 Å². The molecule has 1 aromatic rings. The van der Waals surface area contributed by atoms with Gasteiger partial charge in [0.05, 0.1) is 6.54 Å². The van der Waals surface area contributed by atoms with Crippen LogP contribution in [0.15, 0.2) is 0 Å². The van der Waals surface area contributed by atoms with Gasteiger partial charge in [-0.05, 0) is 44.9 Å². The third kappa shape index (κ3) is 4.29. The summed E-state index contributed by atoms with van der Waals surface area (Å²) in [6, 6.07) is 0. The normalized spacial score (nSPS) is 17.7. The Balaban J connectivity index is 1.82. The molecule has 106 valence electrons. The van der Waals surface area contributed by atoms with Crippen LogP contribution in [-0.4, -0.2) is 46.0 Å². The number of rotatable bonds is 5. The number of hydrogen-bond acceptors (Lipinski definition) is 7. The van der Waals surface area contributed by atoms with E-state index in [0.29, 0.717) is 12.4 Å². The first-order valence-corrected chi connectivity index (χ1v) is 6.86. The molecule has 1 aliphatic rings. The van der Waals surface area contributed by atoms with Crippen molar-refractivity contribution >= 4 is 11.9 Å². The van der Waals surface area contributed by atoms with Gasteiger partial charge in [0.25, 0.3) is 0 Å². The smallest absolute Gasteiger partial charge is 0.225 e. The largest absolute Gasteiger partial charge is 0.368 e. The molecule has 19 heavy (non-hydrogen) atoms. The van der Waals surface area contributed by atoms with Crippen molar-refractivity contribution in [3.63, 3.8) is 0 Å². The SMILES string of the molecule is CCNCC1CCN(Cc2nc(N)nc(N)n2)CC1. The number of piperidine rings is 1. The molecule has 7 heteroatoms. The van der Waals surface area contributed by atoms with E-state index >= 15 is 0 Å². The lowest BCUT2D eigenvalue weighted by Crippen LogP contribution is -2.37. The number of hydrogen-bond donors (Lipinski definition) is 3. The maximum atomic E-state index is 5.57. The number of nitrogens with two attached hydrogens (primary N) is 2. The summed E-state index contributed by atoms with van der Waals surface area (Å²) in [6.07, 6.45) is 2.42. The third-order valence-electron chi connectivity index (χ3n) is 3.47. The second-order valence-electron chi connectivity index (χ2n) is 5.00. The van der Waals surface area contributed by atoms with E-state index in [1.54, 1.807) is 0 Å². The Kier molecular flexibility index (Phi) is 4.86. The molecule has 0 aromatic carbocycles. The number of nitrogens with zero attached hydrogens (tertiary/aromatic N) is 4. The molecule has 1 fully saturated rings. The number of anilines is 2. The summed E-state index contributed by atoms with van der Waals surface area (Å²) in [5.41, 5.74) is 11.1. The minimum Gasteiger partial charge on any atom is -0.368 e. The molecular formula is C12H23N7. The topological polar surface area (TPSA) is 106 Å². The van der Waals surface area contributed by atoms with Gasteiger partial charge in [-0.1, -0.05) is 6.92 Å². The fourth-order valence-corrected chi connectivity index (χ4v) is 2.42. The minimum absolute atomic E-state index is 0.199. The highest BCUT2D eigenvalue weighted by molar-refractivity contribution is 5.25. The molecule has 0 bridgehead atoms. The van der Waals surface area contributed by atoms with Crippen molar-refractivity contribution in [1.29, 1.82) is 0 Å². The first-order valence-electron chi connectivity index (χ1n) is 6.86. The number of nitrogens with one attached hydrogen (secondary N) is 1. The number of aromatic nitrogens is 3. The van der Waals surface area contributed by atoms with Crippen LogP contribution in [0.25, 0.3) is 0 Å². The van der Waals surface area contributed by atoms with E-state index in [1.807, 2.05) is 0 Å². The van der Waals surface area contributed by atoms with Gasteiger partial charge in [-0.15, -0.1) is 0 Å². The molecule has 1 aliphatic heterocycles. The monoisotopic (exact) mass is 265 g/mol. The van der Waals surface area contributed by atoms with Crippen molar-refractivity contribution in [1.82, 2.24) is 25.2 Å². The van der Waals surface area contributed by atoms with Gasteiger partial charge in [0, 0.05) is 0 Å². The standard InChI is InChI=1S/C12H23N7/c1-2-15-7-9-3-5-19(6-4-9)8-10-16-11(13)18-12(14)17-10/h9,15H,2-8H2,1H3,(H4,13,14,16,17,18). The maximum Gasteiger partial charge on any atom is 0.225 e. The lowest BCUT2D eigenvalue weighted by molar-refractivity contribution is 0.172. The first kappa shape index (κ1) is 14.0. The predicted molar refractivity (Wildman–Crippen MR) is 75.2 cm³/mol. The summed E-state index contributed by atoms with van der Waals surface area (Å²) < 4.78 is 0. The molecule has 0 saturated carbocycles. The summed E-state index contributed by atoms with van der Waals surface area (Å²) in [4.78, 5) is 14.4. The molecule has 0 aliphatic carbocycles. The van der Waals surface area contributed by atoms with Gasteiger partial charge < -0.3 is 16.8 Å². The molecule has 2 heterocycles. The lowest BCUT2D eigenvalue weighted by Gasteiger charge is -2.31. The highest BCUT2D eigenvalue weighted by Gasteiger charge is 2.19. The highest BCUT2D eigenvalue weighted by atomic mass is 15.2. The fourth-order valence-electron chi connectivity index (χ4n) is 2.42. The van der Waals surface area contributed by atoms with Gasteiger partial charge in [0.1, 0.15) is 5.82 Å². The Morgan fingerprint density at radius 3 is 2.37 bits per heavy atom. The Labute approximate surface area is 113 Å². The van der Waals surface area contributed by atoms with Gasteiger partial charge in [-0.3, -0.25) is 4.90 Å². The molecule has 0 unspecified atom stereocenters. The van der Waals surface area contributed by atoms with Gasteiger partial charge in [-0.25, -0.2) is 0 Å². The van der Waals surface area contributed by atoms with Crippen LogP contribution < -0.4 is 16.8 Å². The van der Waals surface area contributed by atoms with Gasteiger partial charge in [-0.2, -0.15) is 15.0 Å². The van der Waals surface area contributed by atoms with Crippen LogP contribution in [0.1, 0.15) is 25.6 Å². The summed E-state index contributed by atoms with van der Waals surface area (Å²) in [7, 11) is 0. The van der Waals surface area contributed by atoms with Crippen LogP contribution in [-0.2, 0) is 6.54 Å². The van der Waals surface area contributed by atoms with Crippen LogP contribution in [0.5, 0.6) is 0 Å². The molecule has 0 radical (unpaired) electrons. The second-order valence-corrected chi connectivity index (χ2v) is 5.00. The zero-order chi connectivity index (χ0) is 13.7. The minimum atomic E-state index is 0.199. The molecule has 1 saturated heterocycles. The molecule has 2 rings (SSSR count). The molecule has 7 nitrogen and oxygen atoms in total. The Morgan fingerprint density at radius 1 is 1.16 bits per heavy atom. The van der Waals surface area contributed by atoms with Gasteiger partial charge in [0.15, 0.2) is 0 Å². The van der Waals surface area contributed by atoms with E-state index < -0.39 is 0 Å². The van der Waals surface area contributed by atoms with E-state index in [9.17, 15) is 0 Å². The molecule has 0 spiro atoms. The quantitative estimate of drug-likeness (QED) is 0.680. The summed E-state index contributed by atoms with van der Waals surface area (Å²) >= 11 is 0. The van der Waals surface area contributed by atoms with Crippen molar-refractivity contribution < 1.29 is 0 Å². The van der Waals surface area contributed by atoms with Crippen molar-refractivity contribution in [2.24, 2.45) is 5.92 Å². The zero-order valence-electron chi connectivity index (χ0n) is 11.5. The molecule has 5 N–H and O–H groups in total. The number of nitrogen functional groups attached to an aromatic ring is 2. The van der Waals surface area contributed by atoms with Crippen molar-refractivity contribution in [3.8, 4) is 0 Å². The third-order valence-corrected chi connectivity index (χ3v) is 3.47. The lowest BCUT2D eigenvalue weighted by atomic mass is 9.97. The van der Waals surface area contributed by atoms with Gasteiger partial charge >= 0.3 is 0 Å². The van der Waals surface area contributed by atoms with E-state index in [4.69, 9.17) is 11.5 Å². The second kappa shape index (κ2) is 6.63. The summed E-state index contributed by atoms with van der Waals surface area (Å²) in [5.74, 6) is 1.84. The summed E-state index contributed by atoms with van der Waals surface area (Å²) in [6.45, 7) is 7.15. The van der Waals surface area contributed by atoms with Crippen LogP contribution in [0.4, 0.5) is 11.9 Å². The molecular weight excluding hydrogens is 242 g/mol. The van der Waals surface area contributed by atoms with Gasteiger partial charge in [0.2, 0.25) is 11.9 Å². The van der Waals surface area contributed by atoms with Crippen molar-refractivity contribution in [2.45, 2.75) is 26.3 Å². The number of likely N-dealkylation sites (tertiary alicyclic amines) is 1. The average molecular weight is 265 g/mol. The van der Waals surface area contributed by atoms with E-state index in [1.165, 1.54) is 12.8 Å². The van der Waals surface area contributed by atoms with Crippen LogP contribution in [0, 0.1) is 5.92 Å². The van der Waals surface area contributed by atoms with Crippen molar-refractivity contribution in [3.05, 3.63) is 5.82 Å². The zero-order valence-corrected chi connectivity index (χ0v) is 11.5. The first-order chi connectivity index (χ1) is 9.17. The molecule has 0 amide bonds. The summed E-state index contributed by atoms with van der Waals surface area (Å²) in [5, 5.41) is 3.41. The van der Waals surface area contributed by atoms with Crippen LogP contribution >= 0.6 is 0 Å². The molecule has 0 atom stereocenters. The maximum absolute atomic E-state index is 5.57. The Morgan fingerprint density at radius 2 is 1.79 bits per heavy atom. The fraction of sp³-hybridized carbons (Fsp3) is 0.750. The van der Waals surface area contributed by atoms with Crippen LogP contribution in [0.2, 0.25) is 0 Å². The van der Waals surface area contributed by atoms with E-state index in [-0.39, 0.29) is 11.9 Å². The average Bonchev–Trinajstić information content (AvgIpc) is 2.37. The van der Waals surface area contributed by atoms with E-state index in [0.717, 1.165) is 32.1 Å². The van der Waals surface area contributed by atoms with Crippen LogP contribution in [0.3, 0.4) is 0 Å².